The van der Waals surface area contributed by atoms with Gasteiger partial charge in [-0.05, 0) is 25.3 Å². The molecule has 0 aromatic carbocycles. The van der Waals surface area contributed by atoms with Gasteiger partial charge >= 0.3 is 6.01 Å². The Morgan fingerprint density at radius 2 is 2.08 bits per heavy atom. The van der Waals surface area contributed by atoms with E-state index in [2.05, 4.69) is 15.0 Å². The highest BCUT2D eigenvalue weighted by Gasteiger charge is 2.25. The van der Waals surface area contributed by atoms with Crippen LogP contribution in [0.25, 0.3) is 5.65 Å². The predicted octanol–water partition coefficient (Wildman–Crippen LogP) is 2.77. The van der Waals surface area contributed by atoms with Crippen molar-refractivity contribution in [3.63, 3.8) is 0 Å². The van der Waals surface area contributed by atoms with Gasteiger partial charge in [-0.25, -0.2) is 15.0 Å². The molecule has 4 N–H and O–H groups in total. The molecule has 0 unspecified atom stereocenters. The van der Waals surface area contributed by atoms with Crippen LogP contribution in [-0.2, 0) is 0 Å². The summed E-state index contributed by atoms with van der Waals surface area (Å²) in [5.41, 5.74) is 12.5. The van der Waals surface area contributed by atoms with Crippen molar-refractivity contribution in [1.29, 1.82) is 0 Å². The molecule has 4 rings (SSSR count). The third kappa shape index (κ3) is 3.24. The van der Waals surface area contributed by atoms with Crippen LogP contribution in [0.1, 0.15) is 19.3 Å². The third-order valence-electron chi connectivity index (χ3n) is 4.16. The van der Waals surface area contributed by atoms with Crippen molar-refractivity contribution in [1.82, 2.24) is 19.4 Å². The number of hydrogen-bond donors (Lipinski definition) is 2. The van der Waals surface area contributed by atoms with Gasteiger partial charge < -0.3 is 16.2 Å². The fraction of sp³-hybridized carbons (Fsp3) is 0.312. The lowest BCUT2D eigenvalue weighted by atomic mass is 10.3. The topological polar surface area (TPSA) is 104 Å². The molecule has 0 amide bonds. The molecule has 1 fully saturated rings. The standard InChI is InChI=1S/C16H17ClN6OS/c17-13-11(3-4-20-14(13)19)25-12-8-22-16(23-6-5-21-15(12)23)24-10-2-1-9(18)7-10/h3-6,8-10H,1-2,7,18H2,(H2,19,20)/t9-,10+/m1/s1. The van der Waals surface area contributed by atoms with E-state index in [9.17, 15) is 0 Å². The number of nitrogen functional groups attached to an aromatic ring is 1. The fourth-order valence-corrected chi connectivity index (χ4v) is 4.04. The Morgan fingerprint density at radius 3 is 2.88 bits per heavy atom. The Bertz CT molecular complexity index is 917. The summed E-state index contributed by atoms with van der Waals surface area (Å²) >= 11 is 7.68. The maximum atomic E-state index is 6.23. The van der Waals surface area contributed by atoms with Gasteiger partial charge in [0.25, 0.3) is 0 Å². The van der Waals surface area contributed by atoms with Crippen molar-refractivity contribution in [2.75, 3.05) is 5.73 Å². The van der Waals surface area contributed by atoms with Crippen LogP contribution in [0.15, 0.2) is 40.6 Å². The first-order chi connectivity index (χ1) is 12.1. The summed E-state index contributed by atoms with van der Waals surface area (Å²) in [5, 5.41) is 0.428. The molecule has 0 spiro atoms. The zero-order valence-corrected chi connectivity index (χ0v) is 14.9. The second kappa shape index (κ2) is 6.70. The summed E-state index contributed by atoms with van der Waals surface area (Å²) in [6.07, 6.45) is 9.79. The molecule has 1 aliphatic carbocycles. The Labute approximate surface area is 153 Å². The van der Waals surface area contributed by atoms with E-state index in [0.717, 1.165) is 34.7 Å². The van der Waals surface area contributed by atoms with Gasteiger partial charge in [0.2, 0.25) is 0 Å². The van der Waals surface area contributed by atoms with E-state index in [1.165, 1.54) is 11.8 Å². The van der Waals surface area contributed by atoms with Gasteiger partial charge in [0, 0.05) is 29.5 Å². The van der Waals surface area contributed by atoms with Crippen LogP contribution in [0.3, 0.4) is 0 Å². The average molecular weight is 377 g/mol. The molecule has 1 aliphatic rings. The minimum absolute atomic E-state index is 0.0982. The van der Waals surface area contributed by atoms with Crippen LogP contribution in [0.2, 0.25) is 5.02 Å². The quantitative estimate of drug-likeness (QED) is 0.721. The van der Waals surface area contributed by atoms with Gasteiger partial charge in [0.15, 0.2) is 5.65 Å². The maximum Gasteiger partial charge on any atom is 0.302 e. The lowest BCUT2D eigenvalue weighted by Crippen LogP contribution is -2.20. The van der Waals surface area contributed by atoms with E-state index in [-0.39, 0.29) is 12.1 Å². The third-order valence-corrected chi connectivity index (χ3v) is 5.73. The number of pyridine rings is 1. The Balaban J connectivity index is 1.64. The molecule has 9 heteroatoms. The number of anilines is 1. The number of ether oxygens (including phenoxy) is 1. The summed E-state index contributed by atoms with van der Waals surface area (Å²) in [6.45, 7) is 0. The van der Waals surface area contributed by atoms with Crippen molar-refractivity contribution in [2.24, 2.45) is 5.73 Å². The lowest BCUT2D eigenvalue weighted by molar-refractivity contribution is 0.187. The highest BCUT2D eigenvalue weighted by Crippen LogP contribution is 2.37. The maximum absolute atomic E-state index is 6.23. The van der Waals surface area contributed by atoms with E-state index in [4.69, 9.17) is 27.8 Å². The predicted molar refractivity (Wildman–Crippen MR) is 97.0 cm³/mol. The van der Waals surface area contributed by atoms with Crippen molar-refractivity contribution in [3.05, 3.63) is 35.9 Å². The molecule has 3 aromatic heterocycles. The first-order valence-corrected chi connectivity index (χ1v) is 9.13. The average Bonchev–Trinajstić information content (AvgIpc) is 3.23. The molecule has 0 aliphatic heterocycles. The summed E-state index contributed by atoms with van der Waals surface area (Å²) in [6, 6.07) is 2.54. The van der Waals surface area contributed by atoms with Crippen LogP contribution in [0, 0.1) is 0 Å². The van der Waals surface area contributed by atoms with E-state index in [0.29, 0.717) is 16.9 Å². The highest BCUT2D eigenvalue weighted by atomic mass is 35.5. The number of nitrogens with zero attached hydrogens (tertiary/aromatic N) is 4. The highest BCUT2D eigenvalue weighted by molar-refractivity contribution is 7.99. The zero-order chi connectivity index (χ0) is 17.4. The molecule has 3 aromatic rings. The molecule has 0 saturated heterocycles. The first kappa shape index (κ1) is 16.4. The molecule has 7 nitrogen and oxygen atoms in total. The van der Waals surface area contributed by atoms with Crippen molar-refractivity contribution < 1.29 is 4.74 Å². The molecule has 0 radical (unpaired) electrons. The molecule has 2 atom stereocenters. The number of aromatic nitrogens is 4. The summed E-state index contributed by atoms with van der Waals surface area (Å²) in [4.78, 5) is 14.5. The molecule has 3 heterocycles. The smallest absolute Gasteiger partial charge is 0.302 e. The summed E-state index contributed by atoms with van der Waals surface area (Å²) < 4.78 is 7.87. The Kier molecular flexibility index (Phi) is 4.41. The van der Waals surface area contributed by atoms with Crippen LogP contribution in [0.5, 0.6) is 6.01 Å². The minimum atomic E-state index is 0.0982. The van der Waals surface area contributed by atoms with Gasteiger partial charge in [-0.2, -0.15) is 0 Å². The summed E-state index contributed by atoms with van der Waals surface area (Å²) in [7, 11) is 0. The SMILES string of the molecule is Nc1nccc(Sc2cnc(O[C@H]3CC[C@@H](N)C3)n3ccnc23)c1Cl. The fourth-order valence-electron chi connectivity index (χ4n) is 2.90. The first-order valence-electron chi connectivity index (χ1n) is 7.94. The Morgan fingerprint density at radius 1 is 1.20 bits per heavy atom. The molecular formula is C16H17ClN6OS. The van der Waals surface area contributed by atoms with Crippen molar-refractivity contribution in [2.45, 2.75) is 41.2 Å². The number of hydrogen-bond acceptors (Lipinski definition) is 7. The van der Waals surface area contributed by atoms with Gasteiger partial charge in [-0.3, -0.25) is 4.40 Å². The van der Waals surface area contributed by atoms with Gasteiger partial charge in [0.1, 0.15) is 11.9 Å². The molecule has 130 valence electrons. The monoisotopic (exact) mass is 376 g/mol. The largest absolute Gasteiger partial charge is 0.461 e. The minimum Gasteiger partial charge on any atom is -0.461 e. The lowest BCUT2D eigenvalue weighted by Gasteiger charge is -2.14. The van der Waals surface area contributed by atoms with Crippen molar-refractivity contribution >= 4 is 34.8 Å². The Hall–Kier alpha value is -2.03. The number of halogens is 1. The van der Waals surface area contributed by atoms with E-state index in [1.807, 2.05) is 16.7 Å². The second-order valence-electron chi connectivity index (χ2n) is 5.95. The molecule has 1 saturated carbocycles. The van der Waals surface area contributed by atoms with Gasteiger partial charge in [-0.15, -0.1) is 0 Å². The summed E-state index contributed by atoms with van der Waals surface area (Å²) in [5.74, 6) is 0.302. The molecule has 0 bridgehead atoms. The van der Waals surface area contributed by atoms with E-state index >= 15 is 0 Å². The van der Waals surface area contributed by atoms with Crippen LogP contribution in [-0.4, -0.2) is 31.5 Å². The zero-order valence-electron chi connectivity index (χ0n) is 13.3. The molecular weight excluding hydrogens is 360 g/mol. The second-order valence-corrected chi connectivity index (χ2v) is 7.41. The van der Waals surface area contributed by atoms with E-state index < -0.39 is 0 Å². The number of imidazole rings is 1. The number of fused-ring (bicyclic) bond motifs is 1. The van der Waals surface area contributed by atoms with Crippen LogP contribution < -0.4 is 16.2 Å². The van der Waals surface area contributed by atoms with E-state index in [1.54, 1.807) is 18.6 Å². The van der Waals surface area contributed by atoms with Crippen LogP contribution in [0.4, 0.5) is 5.82 Å². The number of nitrogens with two attached hydrogens (primary N) is 2. The van der Waals surface area contributed by atoms with Gasteiger partial charge in [-0.1, -0.05) is 23.4 Å². The number of rotatable bonds is 4. The molecule has 25 heavy (non-hydrogen) atoms. The normalized spacial score (nSPS) is 20.2. The van der Waals surface area contributed by atoms with Crippen LogP contribution >= 0.6 is 23.4 Å². The van der Waals surface area contributed by atoms with Gasteiger partial charge in [0.05, 0.1) is 16.1 Å². The van der Waals surface area contributed by atoms with Crippen molar-refractivity contribution in [3.8, 4) is 6.01 Å².